The molecule has 0 aliphatic heterocycles. The molecule has 0 radical (unpaired) electrons. The number of nitrogens with one attached hydrogen (secondary N) is 1. The predicted molar refractivity (Wildman–Crippen MR) is 57.8 cm³/mol. The van der Waals surface area contributed by atoms with E-state index in [0.717, 1.165) is 5.56 Å². The normalized spacial score (nSPS) is 9.67. The molecule has 0 unspecified atom stereocenters. The number of nitrogen functional groups attached to an aromatic ring is 1. The molecule has 0 aliphatic rings. The lowest BCUT2D eigenvalue weighted by Crippen LogP contribution is -2.12. The molecule has 1 rings (SSSR count). The number of hydrogen-bond acceptors (Lipinski definition) is 3. The third-order valence-corrected chi connectivity index (χ3v) is 1.89. The Morgan fingerprint density at radius 1 is 1.53 bits per heavy atom. The van der Waals surface area contributed by atoms with Gasteiger partial charge in [-0.2, -0.15) is 0 Å². The third kappa shape index (κ3) is 3.42. The highest BCUT2D eigenvalue weighted by atomic mass is 16.5. The fraction of sp³-hybridized carbons (Fsp3) is 0.273. The standard InChI is InChI=1S/C11H14N2O2/c1-2-15-10(14)7-8-4-3-5-9(6-8)11(12)13/h3-6H,2,7H2,1H3,(H3,12,13). The van der Waals surface area contributed by atoms with E-state index in [-0.39, 0.29) is 18.2 Å². The summed E-state index contributed by atoms with van der Waals surface area (Å²) in [5, 5.41) is 7.26. The lowest BCUT2D eigenvalue weighted by molar-refractivity contribution is -0.142. The van der Waals surface area contributed by atoms with Crippen molar-refractivity contribution in [3.8, 4) is 0 Å². The van der Waals surface area contributed by atoms with Crippen LogP contribution < -0.4 is 5.73 Å². The molecule has 4 heteroatoms. The topological polar surface area (TPSA) is 76.2 Å². The van der Waals surface area contributed by atoms with E-state index < -0.39 is 0 Å². The molecule has 0 fully saturated rings. The van der Waals surface area contributed by atoms with Crippen LogP contribution in [0.25, 0.3) is 0 Å². The van der Waals surface area contributed by atoms with Gasteiger partial charge >= 0.3 is 5.97 Å². The molecule has 0 aromatic heterocycles. The Hall–Kier alpha value is -1.84. The van der Waals surface area contributed by atoms with E-state index in [2.05, 4.69) is 0 Å². The van der Waals surface area contributed by atoms with Gasteiger partial charge in [-0.3, -0.25) is 10.2 Å². The van der Waals surface area contributed by atoms with Crippen LogP contribution in [0.1, 0.15) is 18.1 Å². The van der Waals surface area contributed by atoms with Crippen molar-refractivity contribution in [3.05, 3.63) is 35.4 Å². The molecule has 1 aromatic carbocycles. The van der Waals surface area contributed by atoms with Crippen molar-refractivity contribution < 1.29 is 9.53 Å². The van der Waals surface area contributed by atoms with E-state index in [1.807, 2.05) is 6.07 Å². The van der Waals surface area contributed by atoms with Gasteiger partial charge < -0.3 is 10.5 Å². The molecule has 0 aliphatic carbocycles. The first kappa shape index (κ1) is 11.2. The van der Waals surface area contributed by atoms with Crippen LogP contribution in [0.5, 0.6) is 0 Å². The van der Waals surface area contributed by atoms with Crippen molar-refractivity contribution in [2.75, 3.05) is 6.61 Å². The third-order valence-electron chi connectivity index (χ3n) is 1.89. The molecule has 0 spiro atoms. The van der Waals surface area contributed by atoms with Crippen LogP contribution in [0.2, 0.25) is 0 Å². The Kier molecular flexibility index (Phi) is 3.85. The molecular formula is C11H14N2O2. The highest BCUT2D eigenvalue weighted by Crippen LogP contribution is 2.06. The minimum absolute atomic E-state index is 0.000656. The largest absolute Gasteiger partial charge is 0.466 e. The summed E-state index contributed by atoms with van der Waals surface area (Å²) in [6.07, 6.45) is 0.217. The molecule has 3 N–H and O–H groups in total. The zero-order valence-corrected chi connectivity index (χ0v) is 8.62. The smallest absolute Gasteiger partial charge is 0.310 e. The second-order valence-electron chi connectivity index (χ2n) is 3.10. The Balaban J connectivity index is 2.73. The highest BCUT2D eigenvalue weighted by Gasteiger charge is 2.05. The van der Waals surface area contributed by atoms with Crippen LogP contribution in [-0.4, -0.2) is 18.4 Å². The van der Waals surface area contributed by atoms with E-state index in [1.165, 1.54) is 0 Å². The van der Waals surface area contributed by atoms with E-state index >= 15 is 0 Å². The number of hydrogen-bond donors (Lipinski definition) is 2. The lowest BCUT2D eigenvalue weighted by atomic mass is 10.1. The Morgan fingerprint density at radius 2 is 2.27 bits per heavy atom. The average Bonchev–Trinajstić information content (AvgIpc) is 2.18. The molecule has 1 aromatic rings. The van der Waals surface area contributed by atoms with E-state index in [1.54, 1.807) is 25.1 Å². The predicted octanol–water partition coefficient (Wildman–Crippen LogP) is 1.08. The fourth-order valence-electron chi connectivity index (χ4n) is 1.23. The molecule has 80 valence electrons. The van der Waals surface area contributed by atoms with Gasteiger partial charge in [-0.15, -0.1) is 0 Å². The maximum atomic E-state index is 11.2. The Bertz CT molecular complexity index is 375. The van der Waals surface area contributed by atoms with Gasteiger partial charge in [0, 0.05) is 5.56 Å². The second kappa shape index (κ2) is 5.14. The van der Waals surface area contributed by atoms with Crippen molar-refractivity contribution in [2.24, 2.45) is 5.73 Å². The van der Waals surface area contributed by atoms with Crippen LogP contribution >= 0.6 is 0 Å². The molecule has 0 saturated carbocycles. The number of ether oxygens (including phenoxy) is 1. The molecule has 0 saturated heterocycles. The first-order valence-electron chi connectivity index (χ1n) is 4.72. The lowest BCUT2D eigenvalue weighted by Gasteiger charge is -2.03. The van der Waals surface area contributed by atoms with Gasteiger partial charge in [-0.1, -0.05) is 18.2 Å². The minimum atomic E-state index is -0.266. The maximum absolute atomic E-state index is 11.2. The summed E-state index contributed by atoms with van der Waals surface area (Å²) in [5.41, 5.74) is 6.77. The van der Waals surface area contributed by atoms with Crippen LogP contribution in [0.4, 0.5) is 0 Å². The number of benzene rings is 1. The first-order chi connectivity index (χ1) is 7.13. The monoisotopic (exact) mass is 206 g/mol. The Morgan fingerprint density at radius 3 is 2.87 bits per heavy atom. The van der Waals surface area contributed by atoms with Crippen LogP contribution in [0, 0.1) is 5.41 Å². The molecule has 0 amide bonds. The van der Waals surface area contributed by atoms with E-state index in [0.29, 0.717) is 12.2 Å². The number of amidine groups is 1. The van der Waals surface area contributed by atoms with Gasteiger partial charge in [0.25, 0.3) is 0 Å². The SMILES string of the molecule is CCOC(=O)Cc1cccc(C(=N)N)c1. The maximum Gasteiger partial charge on any atom is 0.310 e. The van der Waals surface area contributed by atoms with Crippen molar-refractivity contribution >= 4 is 11.8 Å². The average molecular weight is 206 g/mol. The summed E-state index contributed by atoms with van der Waals surface area (Å²) in [4.78, 5) is 11.2. The summed E-state index contributed by atoms with van der Waals surface area (Å²) in [7, 11) is 0. The first-order valence-corrected chi connectivity index (χ1v) is 4.72. The second-order valence-corrected chi connectivity index (χ2v) is 3.10. The van der Waals surface area contributed by atoms with Crippen LogP contribution in [0.15, 0.2) is 24.3 Å². The van der Waals surface area contributed by atoms with Crippen LogP contribution in [-0.2, 0) is 16.0 Å². The summed E-state index contributed by atoms with van der Waals surface area (Å²) in [6, 6.07) is 7.03. The quantitative estimate of drug-likeness (QED) is 0.439. The van der Waals surface area contributed by atoms with Crippen molar-refractivity contribution in [2.45, 2.75) is 13.3 Å². The van der Waals surface area contributed by atoms with Crippen molar-refractivity contribution in [1.29, 1.82) is 5.41 Å². The number of carbonyl (C=O) groups is 1. The van der Waals surface area contributed by atoms with Gasteiger partial charge in [0.05, 0.1) is 13.0 Å². The summed E-state index contributed by atoms with van der Waals surface area (Å²) >= 11 is 0. The Labute approximate surface area is 88.6 Å². The molecule has 15 heavy (non-hydrogen) atoms. The van der Waals surface area contributed by atoms with E-state index in [4.69, 9.17) is 15.9 Å². The van der Waals surface area contributed by atoms with Crippen molar-refractivity contribution in [3.63, 3.8) is 0 Å². The van der Waals surface area contributed by atoms with Gasteiger partial charge in [0.1, 0.15) is 5.84 Å². The number of carbonyl (C=O) groups excluding carboxylic acids is 1. The van der Waals surface area contributed by atoms with Crippen molar-refractivity contribution in [1.82, 2.24) is 0 Å². The number of rotatable bonds is 4. The van der Waals surface area contributed by atoms with E-state index in [9.17, 15) is 4.79 Å². The fourth-order valence-corrected chi connectivity index (χ4v) is 1.23. The highest BCUT2D eigenvalue weighted by molar-refractivity contribution is 5.95. The van der Waals surface area contributed by atoms with Crippen LogP contribution in [0.3, 0.4) is 0 Å². The number of nitrogens with two attached hydrogens (primary N) is 1. The van der Waals surface area contributed by atoms with Gasteiger partial charge in [-0.25, -0.2) is 0 Å². The van der Waals surface area contributed by atoms with Gasteiger partial charge in [0.2, 0.25) is 0 Å². The molecule has 0 bridgehead atoms. The number of esters is 1. The zero-order chi connectivity index (χ0) is 11.3. The molecular weight excluding hydrogens is 192 g/mol. The summed E-state index contributed by atoms with van der Waals surface area (Å²) in [5.74, 6) is -0.265. The summed E-state index contributed by atoms with van der Waals surface area (Å²) in [6.45, 7) is 2.15. The van der Waals surface area contributed by atoms with Gasteiger partial charge in [0.15, 0.2) is 0 Å². The molecule has 0 atom stereocenters. The molecule has 4 nitrogen and oxygen atoms in total. The van der Waals surface area contributed by atoms with Gasteiger partial charge in [-0.05, 0) is 18.6 Å². The minimum Gasteiger partial charge on any atom is -0.466 e. The molecule has 0 heterocycles. The zero-order valence-electron chi connectivity index (χ0n) is 8.62. The summed E-state index contributed by atoms with van der Waals surface area (Å²) < 4.78 is 4.82.